The second kappa shape index (κ2) is 4.37. The molecule has 0 aromatic carbocycles. The molecule has 0 aliphatic carbocycles. The molecule has 1 aliphatic heterocycles. The van der Waals surface area contributed by atoms with Crippen molar-refractivity contribution in [1.82, 2.24) is 10.2 Å². The molecule has 1 atom stereocenters. The summed E-state index contributed by atoms with van der Waals surface area (Å²) < 4.78 is 0. The zero-order chi connectivity index (χ0) is 9.80. The Kier molecular flexibility index (Phi) is 2.93. The second-order valence-corrected chi connectivity index (χ2v) is 3.65. The largest absolute Gasteiger partial charge is 0.393 e. The maximum atomic E-state index is 9.49. The van der Waals surface area contributed by atoms with Crippen molar-refractivity contribution in [3.63, 3.8) is 0 Å². The zero-order valence-electron chi connectivity index (χ0n) is 8.13. The molecule has 0 radical (unpaired) electrons. The molecule has 0 bridgehead atoms. The highest BCUT2D eigenvalue weighted by molar-refractivity contribution is 5.36. The van der Waals surface area contributed by atoms with E-state index in [1.54, 1.807) is 6.20 Å². The summed E-state index contributed by atoms with van der Waals surface area (Å²) in [5.74, 6) is 0.918. The van der Waals surface area contributed by atoms with Gasteiger partial charge >= 0.3 is 0 Å². The Morgan fingerprint density at radius 2 is 2.29 bits per heavy atom. The molecule has 0 saturated carbocycles. The highest BCUT2D eigenvalue weighted by Crippen LogP contribution is 2.16. The van der Waals surface area contributed by atoms with Crippen LogP contribution < -0.4 is 4.90 Å². The third-order valence-corrected chi connectivity index (χ3v) is 2.58. The zero-order valence-corrected chi connectivity index (χ0v) is 8.13. The Bertz CT molecular complexity index is 278. The first-order valence-corrected chi connectivity index (χ1v) is 5.07. The summed E-state index contributed by atoms with van der Waals surface area (Å²) in [4.78, 5) is 2.18. The van der Waals surface area contributed by atoms with Crippen LogP contribution >= 0.6 is 0 Å². The van der Waals surface area contributed by atoms with Gasteiger partial charge in [0.05, 0.1) is 6.10 Å². The van der Waals surface area contributed by atoms with Crippen LogP contribution in [-0.4, -0.2) is 34.5 Å². The molecule has 1 saturated heterocycles. The predicted octanol–water partition coefficient (Wildman–Crippen LogP) is 0.828. The highest BCUT2D eigenvalue weighted by atomic mass is 16.3. The molecule has 1 aromatic rings. The molecule has 14 heavy (non-hydrogen) atoms. The second-order valence-electron chi connectivity index (χ2n) is 3.65. The average molecular weight is 193 g/mol. The summed E-state index contributed by atoms with van der Waals surface area (Å²) in [5, 5.41) is 17.4. The number of aliphatic hydroxyl groups excluding tert-OH is 1. The smallest absolute Gasteiger partial charge is 0.151 e. The van der Waals surface area contributed by atoms with Crippen LogP contribution in [0, 0.1) is 0 Å². The lowest BCUT2D eigenvalue weighted by molar-refractivity contribution is 0.161. The topological polar surface area (TPSA) is 49.2 Å². The Balaban J connectivity index is 2.04. The molecule has 2 rings (SSSR count). The molecular weight excluding hydrogens is 178 g/mol. The van der Waals surface area contributed by atoms with E-state index >= 15 is 0 Å². The molecule has 4 heteroatoms. The summed E-state index contributed by atoms with van der Waals surface area (Å²) in [5.41, 5.74) is 0. The van der Waals surface area contributed by atoms with Crippen molar-refractivity contribution in [2.45, 2.75) is 25.4 Å². The van der Waals surface area contributed by atoms with Gasteiger partial charge in [0.1, 0.15) is 0 Å². The molecule has 2 heterocycles. The minimum absolute atomic E-state index is 0.142. The minimum atomic E-state index is -0.142. The maximum Gasteiger partial charge on any atom is 0.151 e. The molecule has 4 nitrogen and oxygen atoms in total. The summed E-state index contributed by atoms with van der Waals surface area (Å²) in [6, 6.07) is 3.86. The third-order valence-electron chi connectivity index (χ3n) is 2.58. The number of aromatic nitrogens is 2. The van der Waals surface area contributed by atoms with E-state index in [1.807, 2.05) is 12.1 Å². The van der Waals surface area contributed by atoms with Crippen molar-refractivity contribution in [2.24, 2.45) is 0 Å². The quantitative estimate of drug-likeness (QED) is 0.717. The predicted molar refractivity (Wildman–Crippen MR) is 54.1 cm³/mol. The number of aliphatic hydroxyl groups is 1. The van der Waals surface area contributed by atoms with Crippen molar-refractivity contribution in [2.75, 3.05) is 18.0 Å². The van der Waals surface area contributed by atoms with E-state index in [2.05, 4.69) is 15.1 Å². The molecule has 76 valence electrons. The van der Waals surface area contributed by atoms with Crippen LogP contribution in [0.4, 0.5) is 5.82 Å². The first-order valence-electron chi connectivity index (χ1n) is 5.07. The summed E-state index contributed by atoms with van der Waals surface area (Å²) in [6.45, 7) is 1.84. The van der Waals surface area contributed by atoms with Crippen molar-refractivity contribution in [3.05, 3.63) is 18.3 Å². The van der Waals surface area contributed by atoms with Crippen molar-refractivity contribution in [3.8, 4) is 0 Å². The number of hydrogen-bond donors (Lipinski definition) is 1. The van der Waals surface area contributed by atoms with Gasteiger partial charge in [-0.05, 0) is 31.4 Å². The Morgan fingerprint density at radius 3 is 3.07 bits per heavy atom. The van der Waals surface area contributed by atoms with Crippen molar-refractivity contribution >= 4 is 5.82 Å². The fraction of sp³-hybridized carbons (Fsp3) is 0.600. The van der Waals surface area contributed by atoms with Crippen LogP contribution in [0.25, 0.3) is 0 Å². The number of rotatable bonds is 1. The molecule has 1 N–H and O–H groups in total. The van der Waals surface area contributed by atoms with Gasteiger partial charge in [-0.15, -0.1) is 5.10 Å². The minimum Gasteiger partial charge on any atom is -0.393 e. The molecule has 1 aliphatic rings. The summed E-state index contributed by atoms with van der Waals surface area (Å²) >= 11 is 0. The van der Waals surface area contributed by atoms with Gasteiger partial charge in [-0.3, -0.25) is 0 Å². The SMILES string of the molecule is OC1CCCN(c2cccnn2)CC1. The fourth-order valence-corrected chi connectivity index (χ4v) is 1.77. The standard InChI is InChI=1S/C10H15N3O/c14-9-3-2-7-13(8-5-9)10-4-1-6-11-12-10/h1,4,6,9,14H,2-3,5,7-8H2. The van der Waals surface area contributed by atoms with E-state index in [-0.39, 0.29) is 6.10 Å². The van der Waals surface area contributed by atoms with E-state index in [1.165, 1.54) is 0 Å². The van der Waals surface area contributed by atoms with Crippen molar-refractivity contribution < 1.29 is 5.11 Å². The monoisotopic (exact) mass is 193 g/mol. The van der Waals surface area contributed by atoms with Gasteiger partial charge in [-0.25, -0.2) is 0 Å². The molecular formula is C10H15N3O. The Labute approximate surface area is 83.6 Å². The lowest BCUT2D eigenvalue weighted by Gasteiger charge is -2.20. The number of hydrogen-bond acceptors (Lipinski definition) is 4. The Hall–Kier alpha value is -1.16. The first kappa shape index (κ1) is 9.40. The summed E-state index contributed by atoms with van der Waals surface area (Å²) in [6.07, 6.45) is 4.29. The molecule has 1 fully saturated rings. The van der Waals surface area contributed by atoms with E-state index in [4.69, 9.17) is 0 Å². The molecule has 0 spiro atoms. The Morgan fingerprint density at radius 1 is 1.36 bits per heavy atom. The molecule has 0 amide bonds. The number of nitrogens with zero attached hydrogens (tertiary/aromatic N) is 3. The fourth-order valence-electron chi connectivity index (χ4n) is 1.77. The van der Waals surface area contributed by atoms with Crippen LogP contribution in [0.5, 0.6) is 0 Å². The normalized spacial score (nSPS) is 23.2. The lowest BCUT2D eigenvalue weighted by Crippen LogP contribution is -2.25. The average Bonchev–Trinajstić information content (AvgIpc) is 2.44. The van der Waals surface area contributed by atoms with Gasteiger partial charge in [0.15, 0.2) is 5.82 Å². The van der Waals surface area contributed by atoms with Crippen molar-refractivity contribution in [1.29, 1.82) is 0 Å². The van der Waals surface area contributed by atoms with E-state index < -0.39 is 0 Å². The maximum absolute atomic E-state index is 9.49. The third kappa shape index (κ3) is 2.20. The van der Waals surface area contributed by atoms with Crippen LogP contribution in [-0.2, 0) is 0 Å². The van der Waals surface area contributed by atoms with E-state index in [0.717, 1.165) is 38.2 Å². The van der Waals surface area contributed by atoms with Gasteiger partial charge < -0.3 is 10.0 Å². The van der Waals surface area contributed by atoms with Gasteiger partial charge in [-0.1, -0.05) is 0 Å². The molecule has 1 unspecified atom stereocenters. The van der Waals surface area contributed by atoms with E-state index in [9.17, 15) is 5.11 Å². The lowest BCUT2D eigenvalue weighted by atomic mass is 10.2. The first-order chi connectivity index (χ1) is 6.86. The van der Waals surface area contributed by atoms with Crippen LogP contribution in [0.3, 0.4) is 0 Å². The number of anilines is 1. The molecule has 1 aromatic heterocycles. The summed E-state index contributed by atoms with van der Waals surface area (Å²) in [7, 11) is 0. The van der Waals surface area contributed by atoms with Crippen LogP contribution in [0.2, 0.25) is 0 Å². The highest BCUT2D eigenvalue weighted by Gasteiger charge is 2.15. The van der Waals surface area contributed by atoms with Gasteiger partial charge in [-0.2, -0.15) is 5.10 Å². The van der Waals surface area contributed by atoms with Gasteiger partial charge in [0, 0.05) is 19.3 Å². The van der Waals surface area contributed by atoms with E-state index in [0.29, 0.717) is 0 Å². The van der Waals surface area contributed by atoms with Crippen LogP contribution in [0.1, 0.15) is 19.3 Å². The van der Waals surface area contributed by atoms with Gasteiger partial charge in [0.2, 0.25) is 0 Å². The van der Waals surface area contributed by atoms with Gasteiger partial charge in [0.25, 0.3) is 0 Å². The van der Waals surface area contributed by atoms with Crippen LogP contribution in [0.15, 0.2) is 18.3 Å².